The lowest BCUT2D eigenvalue weighted by molar-refractivity contribution is 0.0982. The predicted octanol–water partition coefficient (Wildman–Crippen LogP) is 4.24. The number of fused-ring (bicyclic) bond motifs is 1. The lowest BCUT2D eigenvalue weighted by atomic mass is 10.1. The summed E-state index contributed by atoms with van der Waals surface area (Å²) in [7, 11) is 0. The van der Waals surface area contributed by atoms with Gasteiger partial charge in [-0.2, -0.15) is 0 Å². The van der Waals surface area contributed by atoms with Gasteiger partial charge in [-0.05, 0) is 56.7 Å². The molecule has 0 spiro atoms. The van der Waals surface area contributed by atoms with Gasteiger partial charge in [0.2, 0.25) is 5.56 Å². The van der Waals surface area contributed by atoms with Gasteiger partial charge < -0.3 is 9.88 Å². The van der Waals surface area contributed by atoms with Crippen molar-refractivity contribution in [1.29, 1.82) is 0 Å². The van der Waals surface area contributed by atoms with E-state index in [2.05, 4.69) is 9.97 Å². The van der Waals surface area contributed by atoms with E-state index in [0.717, 1.165) is 5.69 Å². The van der Waals surface area contributed by atoms with Crippen LogP contribution in [0.1, 0.15) is 27.3 Å². The van der Waals surface area contributed by atoms with E-state index in [4.69, 9.17) is 11.6 Å². The van der Waals surface area contributed by atoms with Crippen LogP contribution in [0.25, 0.3) is 0 Å². The maximum atomic E-state index is 13.7. The highest BCUT2D eigenvalue weighted by Crippen LogP contribution is 2.37. The summed E-state index contributed by atoms with van der Waals surface area (Å²) in [4.78, 5) is 35.6. The molecule has 148 valence electrons. The highest BCUT2D eigenvalue weighted by atomic mass is 35.5. The van der Waals surface area contributed by atoms with Crippen molar-refractivity contribution >= 4 is 34.7 Å². The molecule has 4 rings (SSSR count). The second-order valence-electron chi connectivity index (χ2n) is 6.99. The number of hydrogen-bond acceptors (Lipinski definition) is 4. The van der Waals surface area contributed by atoms with Crippen LogP contribution >= 0.6 is 11.6 Å². The minimum atomic E-state index is -0.340. The fraction of sp³-hybridized carbons (Fsp3) is 0.190. The number of anilines is 3. The molecular weight excluding hydrogens is 395 g/mol. The standard InChI is InChI=1S/C21H18ClFN4O2/c1-11-8-14(23)4-5-17(11)26-10-27(18-6-7-19(28)24-13(18)3)21(29)15-9-16(22)12(2)25-20(15)26/h4-9H,10H2,1-3H3,(H,24,28). The quantitative estimate of drug-likeness (QED) is 0.683. The van der Waals surface area contributed by atoms with E-state index in [-0.39, 0.29) is 24.0 Å². The fourth-order valence-electron chi connectivity index (χ4n) is 3.51. The van der Waals surface area contributed by atoms with E-state index in [9.17, 15) is 14.0 Å². The Bertz CT molecular complexity index is 1210. The van der Waals surface area contributed by atoms with E-state index in [0.29, 0.717) is 39.0 Å². The number of H-pyrrole nitrogens is 1. The largest absolute Gasteiger partial charge is 0.324 e. The Morgan fingerprint density at radius 1 is 1.03 bits per heavy atom. The molecule has 2 aromatic heterocycles. The minimum absolute atomic E-state index is 0.152. The maximum Gasteiger partial charge on any atom is 0.263 e. The van der Waals surface area contributed by atoms with Gasteiger partial charge in [0.15, 0.2) is 0 Å². The highest BCUT2D eigenvalue weighted by Gasteiger charge is 2.34. The van der Waals surface area contributed by atoms with Crippen molar-refractivity contribution in [1.82, 2.24) is 9.97 Å². The Labute approximate surface area is 171 Å². The van der Waals surface area contributed by atoms with Crippen LogP contribution < -0.4 is 15.4 Å². The van der Waals surface area contributed by atoms with E-state index in [1.807, 2.05) is 4.90 Å². The van der Waals surface area contributed by atoms with E-state index >= 15 is 0 Å². The Balaban J connectivity index is 1.93. The molecule has 1 aliphatic heterocycles. The molecule has 29 heavy (non-hydrogen) atoms. The Morgan fingerprint density at radius 3 is 2.45 bits per heavy atom. The van der Waals surface area contributed by atoms with Crippen molar-refractivity contribution in [3.63, 3.8) is 0 Å². The molecule has 0 unspecified atom stereocenters. The molecule has 0 saturated heterocycles. The molecule has 6 nitrogen and oxygen atoms in total. The third-order valence-corrected chi connectivity index (χ3v) is 5.36. The number of amides is 1. The predicted molar refractivity (Wildman–Crippen MR) is 111 cm³/mol. The minimum Gasteiger partial charge on any atom is -0.324 e. The Morgan fingerprint density at radius 2 is 1.76 bits per heavy atom. The molecule has 0 bridgehead atoms. The Hall–Kier alpha value is -3.19. The van der Waals surface area contributed by atoms with Crippen molar-refractivity contribution in [2.45, 2.75) is 20.8 Å². The monoisotopic (exact) mass is 412 g/mol. The SMILES string of the molecule is Cc1cc(F)ccc1N1CN(c2ccc(=O)[nH]c2C)C(=O)c2cc(Cl)c(C)nc21. The number of hydrogen-bond donors (Lipinski definition) is 1. The first kappa shape index (κ1) is 19.1. The van der Waals surface area contributed by atoms with Crippen LogP contribution in [-0.4, -0.2) is 22.5 Å². The summed E-state index contributed by atoms with van der Waals surface area (Å²) in [6.07, 6.45) is 0. The molecule has 8 heteroatoms. The van der Waals surface area contributed by atoms with Gasteiger partial charge in [0, 0.05) is 17.4 Å². The van der Waals surface area contributed by atoms with Crippen LogP contribution in [0, 0.1) is 26.6 Å². The first-order valence-electron chi connectivity index (χ1n) is 8.99. The number of nitrogens with one attached hydrogen (secondary N) is 1. The molecule has 3 heterocycles. The van der Waals surface area contributed by atoms with Gasteiger partial charge in [-0.15, -0.1) is 0 Å². The second kappa shape index (κ2) is 7.00. The average molecular weight is 413 g/mol. The van der Waals surface area contributed by atoms with Gasteiger partial charge in [-0.1, -0.05) is 11.6 Å². The summed E-state index contributed by atoms with van der Waals surface area (Å²) in [6, 6.07) is 9.05. The van der Waals surface area contributed by atoms with Crippen LogP contribution in [0.3, 0.4) is 0 Å². The number of aromatic nitrogens is 2. The number of rotatable bonds is 2. The van der Waals surface area contributed by atoms with Gasteiger partial charge in [0.25, 0.3) is 5.91 Å². The molecule has 0 saturated carbocycles. The summed E-state index contributed by atoms with van der Waals surface area (Å²) in [6.45, 7) is 5.45. The zero-order valence-electron chi connectivity index (χ0n) is 16.1. The molecule has 1 N–H and O–H groups in total. The van der Waals surface area contributed by atoms with Crippen molar-refractivity contribution in [2.24, 2.45) is 0 Å². The first-order chi connectivity index (χ1) is 13.8. The molecule has 0 fully saturated rings. The summed E-state index contributed by atoms with van der Waals surface area (Å²) >= 11 is 6.25. The molecule has 0 aliphatic carbocycles. The lowest BCUT2D eigenvalue weighted by Gasteiger charge is -2.38. The average Bonchev–Trinajstić information content (AvgIpc) is 2.65. The molecule has 0 atom stereocenters. The summed E-state index contributed by atoms with van der Waals surface area (Å²) in [5, 5.41) is 0.382. The third kappa shape index (κ3) is 3.27. The molecule has 1 aromatic carbocycles. The maximum absolute atomic E-state index is 13.7. The van der Waals surface area contributed by atoms with E-state index in [1.54, 1.807) is 43.9 Å². The highest BCUT2D eigenvalue weighted by molar-refractivity contribution is 6.32. The fourth-order valence-corrected chi connectivity index (χ4v) is 3.66. The third-order valence-electron chi connectivity index (χ3n) is 4.97. The topological polar surface area (TPSA) is 69.3 Å². The van der Waals surface area contributed by atoms with Crippen LogP contribution in [0.2, 0.25) is 5.02 Å². The number of halogens is 2. The van der Waals surface area contributed by atoms with Crippen molar-refractivity contribution in [3.05, 3.63) is 80.1 Å². The molecule has 1 amide bonds. The van der Waals surface area contributed by atoms with Crippen molar-refractivity contribution in [2.75, 3.05) is 16.5 Å². The number of carbonyl (C=O) groups excluding carboxylic acids is 1. The number of nitrogens with zero attached hydrogens (tertiary/aromatic N) is 3. The molecule has 1 aliphatic rings. The molecule has 0 radical (unpaired) electrons. The van der Waals surface area contributed by atoms with Crippen LogP contribution in [0.4, 0.5) is 21.6 Å². The van der Waals surface area contributed by atoms with Gasteiger partial charge in [0.05, 0.1) is 22.0 Å². The van der Waals surface area contributed by atoms with Gasteiger partial charge in [-0.3, -0.25) is 14.5 Å². The smallest absolute Gasteiger partial charge is 0.263 e. The number of carbonyl (C=O) groups is 1. The van der Waals surface area contributed by atoms with Crippen molar-refractivity contribution < 1.29 is 9.18 Å². The summed E-state index contributed by atoms with van der Waals surface area (Å²) in [5.74, 6) is -0.154. The number of pyridine rings is 2. The number of aryl methyl sites for hydroxylation is 3. The number of benzene rings is 1. The molecule has 3 aromatic rings. The van der Waals surface area contributed by atoms with Crippen LogP contribution in [0.5, 0.6) is 0 Å². The van der Waals surface area contributed by atoms with E-state index in [1.165, 1.54) is 18.2 Å². The van der Waals surface area contributed by atoms with Gasteiger partial charge in [0.1, 0.15) is 18.3 Å². The molecular formula is C21H18ClFN4O2. The van der Waals surface area contributed by atoms with Crippen LogP contribution in [-0.2, 0) is 0 Å². The zero-order valence-corrected chi connectivity index (χ0v) is 16.8. The summed E-state index contributed by atoms with van der Waals surface area (Å²) in [5.41, 5.74) is 3.25. The normalized spacial score (nSPS) is 13.6. The van der Waals surface area contributed by atoms with E-state index < -0.39 is 0 Å². The van der Waals surface area contributed by atoms with Gasteiger partial charge in [-0.25, -0.2) is 9.37 Å². The first-order valence-corrected chi connectivity index (χ1v) is 9.36. The van der Waals surface area contributed by atoms with Crippen molar-refractivity contribution in [3.8, 4) is 0 Å². The van der Waals surface area contributed by atoms with Crippen LogP contribution in [0.15, 0.2) is 41.2 Å². The van der Waals surface area contributed by atoms with Gasteiger partial charge >= 0.3 is 0 Å². The number of aromatic amines is 1. The lowest BCUT2D eigenvalue weighted by Crippen LogP contribution is -2.46. The Kier molecular flexibility index (Phi) is 4.62. The second-order valence-corrected chi connectivity index (χ2v) is 7.40. The summed E-state index contributed by atoms with van der Waals surface area (Å²) < 4.78 is 13.7. The zero-order chi connectivity index (χ0) is 20.9.